The van der Waals surface area contributed by atoms with Crippen molar-refractivity contribution in [3.63, 3.8) is 0 Å². The molecule has 1 aromatic heterocycles. The lowest BCUT2D eigenvalue weighted by molar-refractivity contribution is -0.106. The fourth-order valence-electron chi connectivity index (χ4n) is 1.77. The number of hydrogen-bond acceptors (Lipinski definition) is 4. The van der Waals surface area contributed by atoms with Crippen LogP contribution in [0.2, 0.25) is 0 Å². The van der Waals surface area contributed by atoms with E-state index in [1.54, 1.807) is 26.0 Å². The zero-order valence-electron chi connectivity index (χ0n) is 11.4. The fraction of sp³-hybridized carbons (Fsp3) is 0.357. The predicted octanol–water partition coefficient (Wildman–Crippen LogP) is 3.00. The van der Waals surface area contributed by atoms with E-state index < -0.39 is 0 Å². The Bertz CT molecular complexity index is 506. The summed E-state index contributed by atoms with van der Waals surface area (Å²) in [5.41, 5.74) is 2.23. The number of thioether (sulfide) groups is 1. The maximum atomic E-state index is 5.22. The number of hydrogen-bond donors (Lipinski definition) is 0. The molecule has 2 rings (SSSR count). The summed E-state index contributed by atoms with van der Waals surface area (Å²) in [5, 5.41) is 0. The van der Waals surface area contributed by atoms with E-state index in [9.17, 15) is 0 Å². The van der Waals surface area contributed by atoms with Crippen LogP contribution < -0.4 is 0 Å². The van der Waals surface area contributed by atoms with Crippen LogP contribution in [0.3, 0.4) is 0 Å². The fourth-order valence-corrected chi connectivity index (χ4v) is 2.69. The summed E-state index contributed by atoms with van der Waals surface area (Å²) in [7, 11) is 5.28. The standard InChI is InChI=1S/C14H18N2O2S/c1-16-10-15-8-12(16)9-19-13-6-4-11(5-7-13)14(17-2)18-3/h4-8,10,14H,9H2,1-3H3. The minimum atomic E-state index is -0.295. The van der Waals surface area contributed by atoms with Gasteiger partial charge in [-0.25, -0.2) is 4.98 Å². The summed E-state index contributed by atoms with van der Waals surface area (Å²) in [6.45, 7) is 0. The number of nitrogens with zero attached hydrogens (tertiary/aromatic N) is 2. The third-order valence-corrected chi connectivity index (χ3v) is 3.93. The van der Waals surface area contributed by atoms with Gasteiger partial charge in [-0.1, -0.05) is 12.1 Å². The third kappa shape index (κ3) is 3.59. The zero-order valence-corrected chi connectivity index (χ0v) is 12.2. The highest BCUT2D eigenvalue weighted by atomic mass is 32.2. The number of rotatable bonds is 6. The average Bonchev–Trinajstić information content (AvgIpc) is 2.85. The van der Waals surface area contributed by atoms with E-state index >= 15 is 0 Å². The van der Waals surface area contributed by atoms with E-state index in [1.165, 1.54) is 10.6 Å². The van der Waals surface area contributed by atoms with Crippen molar-refractivity contribution in [2.24, 2.45) is 7.05 Å². The molecule has 0 amide bonds. The van der Waals surface area contributed by atoms with Crippen molar-refractivity contribution < 1.29 is 9.47 Å². The SMILES string of the molecule is COC(OC)c1ccc(SCc2cncn2C)cc1. The maximum Gasteiger partial charge on any atom is 0.183 e. The lowest BCUT2D eigenvalue weighted by Crippen LogP contribution is -2.03. The van der Waals surface area contributed by atoms with Crippen molar-refractivity contribution in [3.05, 3.63) is 48.0 Å². The van der Waals surface area contributed by atoms with E-state index in [0.717, 1.165) is 11.3 Å². The summed E-state index contributed by atoms with van der Waals surface area (Å²) < 4.78 is 12.5. The number of benzene rings is 1. The Morgan fingerprint density at radius 2 is 1.89 bits per heavy atom. The first kappa shape index (κ1) is 14.1. The topological polar surface area (TPSA) is 36.3 Å². The molecule has 0 aliphatic carbocycles. The van der Waals surface area contributed by atoms with Gasteiger partial charge in [0.1, 0.15) is 0 Å². The summed E-state index contributed by atoms with van der Waals surface area (Å²) in [6, 6.07) is 8.23. The van der Waals surface area contributed by atoms with Gasteiger partial charge in [0.15, 0.2) is 6.29 Å². The Morgan fingerprint density at radius 3 is 2.42 bits per heavy atom. The van der Waals surface area contributed by atoms with Gasteiger partial charge in [-0.05, 0) is 12.1 Å². The van der Waals surface area contributed by atoms with E-state index in [-0.39, 0.29) is 6.29 Å². The normalized spacial score (nSPS) is 11.2. The van der Waals surface area contributed by atoms with Crippen LogP contribution in [0.4, 0.5) is 0 Å². The zero-order chi connectivity index (χ0) is 13.7. The molecule has 0 aliphatic rings. The molecule has 0 atom stereocenters. The van der Waals surface area contributed by atoms with Crippen molar-refractivity contribution in [1.29, 1.82) is 0 Å². The first-order chi connectivity index (χ1) is 9.24. The highest BCUT2D eigenvalue weighted by Crippen LogP contribution is 2.25. The molecule has 5 heteroatoms. The monoisotopic (exact) mass is 278 g/mol. The molecule has 0 radical (unpaired) electrons. The van der Waals surface area contributed by atoms with Crippen LogP contribution in [0, 0.1) is 0 Å². The lowest BCUT2D eigenvalue weighted by Gasteiger charge is -2.13. The van der Waals surface area contributed by atoms with Gasteiger partial charge in [-0.2, -0.15) is 0 Å². The molecular formula is C14H18N2O2S. The van der Waals surface area contributed by atoms with Crippen LogP contribution in [0.15, 0.2) is 41.7 Å². The van der Waals surface area contributed by atoms with Crippen molar-refractivity contribution in [2.45, 2.75) is 16.9 Å². The van der Waals surface area contributed by atoms with Gasteiger partial charge in [0, 0.05) is 49.4 Å². The predicted molar refractivity (Wildman–Crippen MR) is 76.0 cm³/mol. The second-order valence-corrected chi connectivity index (χ2v) is 5.21. The molecule has 1 aromatic carbocycles. The average molecular weight is 278 g/mol. The number of methoxy groups -OCH3 is 2. The van der Waals surface area contributed by atoms with Gasteiger partial charge in [0.05, 0.1) is 6.33 Å². The largest absolute Gasteiger partial charge is 0.352 e. The third-order valence-electron chi connectivity index (χ3n) is 2.88. The summed E-state index contributed by atoms with van der Waals surface area (Å²) >= 11 is 1.79. The Morgan fingerprint density at radius 1 is 1.21 bits per heavy atom. The van der Waals surface area contributed by atoms with Crippen LogP contribution in [0.5, 0.6) is 0 Å². The minimum absolute atomic E-state index is 0.295. The molecule has 19 heavy (non-hydrogen) atoms. The molecule has 0 spiro atoms. The number of aromatic nitrogens is 2. The minimum Gasteiger partial charge on any atom is -0.352 e. The Hall–Kier alpha value is -1.30. The molecule has 0 fully saturated rings. The van der Waals surface area contributed by atoms with Crippen LogP contribution in [-0.2, 0) is 22.3 Å². The molecule has 0 aliphatic heterocycles. The quantitative estimate of drug-likeness (QED) is 0.601. The van der Waals surface area contributed by atoms with Crippen LogP contribution >= 0.6 is 11.8 Å². The first-order valence-electron chi connectivity index (χ1n) is 5.98. The number of imidazole rings is 1. The van der Waals surface area contributed by atoms with Crippen molar-refractivity contribution in [2.75, 3.05) is 14.2 Å². The molecule has 0 saturated carbocycles. The molecule has 102 valence electrons. The van der Waals surface area contributed by atoms with Gasteiger partial charge < -0.3 is 14.0 Å². The summed E-state index contributed by atoms with van der Waals surface area (Å²) in [4.78, 5) is 5.33. The molecule has 1 heterocycles. The van der Waals surface area contributed by atoms with Gasteiger partial charge in [0.25, 0.3) is 0 Å². The maximum absolute atomic E-state index is 5.22. The van der Waals surface area contributed by atoms with E-state index in [1.807, 2.05) is 36.3 Å². The Kier molecular flexibility index (Phi) is 5.01. The van der Waals surface area contributed by atoms with E-state index in [0.29, 0.717) is 0 Å². The Balaban J connectivity index is 1.97. The molecule has 0 unspecified atom stereocenters. The van der Waals surface area contributed by atoms with E-state index in [4.69, 9.17) is 9.47 Å². The molecule has 0 saturated heterocycles. The highest BCUT2D eigenvalue weighted by molar-refractivity contribution is 7.98. The van der Waals surface area contributed by atoms with Crippen molar-refractivity contribution in [3.8, 4) is 0 Å². The second kappa shape index (κ2) is 6.75. The van der Waals surface area contributed by atoms with Crippen molar-refractivity contribution in [1.82, 2.24) is 9.55 Å². The smallest absolute Gasteiger partial charge is 0.183 e. The molecule has 4 nitrogen and oxygen atoms in total. The highest BCUT2D eigenvalue weighted by Gasteiger charge is 2.08. The van der Waals surface area contributed by atoms with Gasteiger partial charge in [-0.15, -0.1) is 11.8 Å². The molecular weight excluding hydrogens is 260 g/mol. The summed E-state index contributed by atoms with van der Waals surface area (Å²) in [6.07, 6.45) is 3.42. The van der Waals surface area contributed by atoms with Crippen molar-refractivity contribution >= 4 is 11.8 Å². The van der Waals surface area contributed by atoms with Crippen LogP contribution in [-0.4, -0.2) is 23.8 Å². The Labute approximate surface area is 117 Å². The molecule has 0 N–H and O–H groups in total. The number of ether oxygens (including phenoxy) is 2. The molecule has 2 aromatic rings. The van der Waals surface area contributed by atoms with Crippen LogP contribution in [0.25, 0.3) is 0 Å². The molecule has 0 bridgehead atoms. The number of aryl methyl sites for hydroxylation is 1. The summed E-state index contributed by atoms with van der Waals surface area (Å²) in [5.74, 6) is 0.911. The van der Waals surface area contributed by atoms with Crippen LogP contribution in [0.1, 0.15) is 17.5 Å². The van der Waals surface area contributed by atoms with Gasteiger partial charge in [0.2, 0.25) is 0 Å². The van der Waals surface area contributed by atoms with Gasteiger partial charge >= 0.3 is 0 Å². The van der Waals surface area contributed by atoms with Gasteiger partial charge in [-0.3, -0.25) is 0 Å². The van der Waals surface area contributed by atoms with E-state index in [2.05, 4.69) is 17.1 Å². The first-order valence-corrected chi connectivity index (χ1v) is 6.96. The lowest BCUT2D eigenvalue weighted by atomic mass is 10.2. The second-order valence-electron chi connectivity index (χ2n) is 4.16.